The van der Waals surface area contributed by atoms with Crippen LogP contribution in [-0.4, -0.2) is 46.2 Å². The van der Waals surface area contributed by atoms with Crippen LogP contribution in [0.4, 0.5) is 0 Å². The van der Waals surface area contributed by atoms with Crippen LogP contribution in [0, 0.1) is 17.2 Å². The molecule has 2 aromatic carbocycles. The van der Waals surface area contributed by atoms with E-state index < -0.39 is 5.41 Å². The molecule has 0 spiro atoms. The van der Waals surface area contributed by atoms with Crippen LogP contribution in [0.5, 0.6) is 34.5 Å². The molecule has 2 N–H and O–H groups in total. The Bertz CT molecular complexity index is 1130. The van der Waals surface area contributed by atoms with Crippen molar-refractivity contribution in [1.82, 2.24) is 0 Å². The van der Waals surface area contributed by atoms with E-state index in [4.69, 9.17) is 34.2 Å². The first-order valence-corrected chi connectivity index (χ1v) is 14.5. The molecule has 40 heavy (non-hydrogen) atoms. The summed E-state index contributed by atoms with van der Waals surface area (Å²) >= 11 is 0. The second kappa shape index (κ2) is 14.9. The molecule has 0 amide bonds. The SMILES string of the molecule is CCOc1cc(C(C#N)(CCCC(N)CC2COc3ccccc3O2)C(CC)CC)c(OCC)c(OC)c1OC. The van der Waals surface area contributed by atoms with Gasteiger partial charge < -0.3 is 34.2 Å². The minimum atomic E-state index is -0.831. The first-order valence-electron chi connectivity index (χ1n) is 14.5. The van der Waals surface area contributed by atoms with Crippen LogP contribution >= 0.6 is 0 Å². The van der Waals surface area contributed by atoms with Crippen molar-refractivity contribution in [3.63, 3.8) is 0 Å². The molecule has 0 saturated carbocycles. The average Bonchev–Trinajstić information content (AvgIpc) is 2.97. The summed E-state index contributed by atoms with van der Waals surface area (Å²) in [7, 11) is 3.16. The maximum absolute atomic E-state index is 10.9. The minimum absolute atomic E-state index is 0.0899. The molecule has 0 aromatic heterocycles. The van der Waals surface area contributed by atoms with Gasteiger partial charge in [0, 0.05) is 18.0 Å². The molecule has 0 fully saturated rings. The van der Waals surface area contributed by atoms with E-state index >= 15 is 0 Å². The number of benzene rings is 2. The molecule has 1 heterocycles. The van der Waals surface area contributed by atoms with E-state index in [0.717, 1.165) is 42.7 Å². The Labute approximate surface area is 239 Å². The number of rotatable bonds is 16. The van der Waals surface area contributed by atoms with Gasteiger partial charge in [-0.3, -0.25) is 0 Å². The number of para-hydroxylation sites is 2. The molecule has 1 aliphatic heterocycles. The van der Waals surface area contributed by atoms with Crippen LogP contribution in [0.1, 0.15) is 71.8 Å². The Morgan fingerprint density at radius 1 is 1.00 bits per heavy atom. The fraction of sp³-hybridized carbons (Fsp3) is 0.594. The Morgan fingerprint density at radius 3 is 2.27 bits per heavy atom. The molecule has 0 aliphatic carbocycles. The zero-order valence-electron chi connectivity index (χ0n) is 25.0. The minimum Gasteiger partial charge on any atom is -0.490 e. The Hall–Kier alpha value is -3.31. The molecule has 2 aromatic rings. The summed E-state index contributed by atoms with van der Waals surface area (Å²) < 4.78 is 35.6. The Balaban J connectivity index is 1.89. The Kier molecular flexibility index (Phi) is 11.6. The summed E-state index contributed by atoms with van der Waals surface area (Å²) in [5, 5.41) is 10.9. The third kappa shape index (κ3) is 6.69. The molecule has 0 radical (unpaired) electrons. The van der Waals surface area contributed by atoms with E-state index in [0.29, 0.717) is 55.7 Å². The van der Waals surface area contributed by atoms with Gasteiger partial charge in [-0.1, -0.05) is 38.8 Å². The van der Waals surface area contributed by atoms with Crippen molar-refractivity contribution < 1.29 is 28.4 Å². The molecule has 220 valence electrons. The van der Waals surface area contributed by atoms with Gasteiger partial charge in [0.05, 0.1) is 38.9 Å². The van der Waals surface area contributed by atoms with Crippen LogP contribution in [0.25, 0.3) is 0 Å². The molecule has 1 aliphatic rings. The fourth-order valence-corrected chi connectivity index (χ4v) is 5.89. The molecule has 3 unspecified atom stereocenters. The quantitative estimate of drug-likeness (QED) is 0.253. The monoisotopic (exact) mass is 554 g/mol. The predicted octanol–water partition coefficient (Wildman–Crippen LogP) is 6.43. The molecule has 3 rings (SSSR count). The highest BCUT2D eigenvalue weighted by Crippen LogP contribution is 2.54. The number of methoxy groups -OCH3 is 2. The van der Waals surface area contributed by atoms with Gasteiger partial charge in [-0.15, -0.1) is 0 Å². The first kappa shape index (κ1) is 31.2. The number of fused-ring (bicyclic) bond motifs is 1. The lowest BCUT2D eigenvalue weighted by molar-refractivity contribution is 0.0787. The fourth-order valence-electron chi connectivity index (χ4n) is 5.89. The number of nitriles is 1. The standard InChI is InChI=1S/C32H46N2O6/c1-7-22(8-2)32(21-33,25-19-28(37-9-3)30(35-5)31(36-6)29(25)38-10-4)17-13-14-23(34)18-24-20-39-26-15-11-12-16-27(26)40-24/h11-12,15-16,19,22-24H,7-10,13-14,17-18,20,34H2,1-6H3. The molecule has 8 nitrogen and oxygen atoms in total. The molecular weight excluding hydrogens is 508 g/mol. The van der Waals surface area contributed by atoms with Gasteiger partial charge in [0.25, 0.3) is 0 Å². The normalized spacial score (nSPS) is 16.5. The zero-order valence-corrected chi connectivity index (χ0v) is 25.0. The molecule has 8 heteroatoms. The highest BCUT2D eigenvalue weighted by atomic mass is 16.6. The lowest BCUT2D eigenvalue weighted by Gasteiger charge is -2.37. The molecular formula is C32H46N2O6. The van der Waals surface area contributed by atoms with E-state index in [-0.39, 0.29) is 18.1 Å². The lowest BCUT2D eigenvalue weighted by Crippen LogP contribution is -2.37. The number of nitrogens with zero attached hydrogens (tertiary/aromatic N) is 1. The van der Waals surface area contributed by atoms with E-state index in [2.05, 4.69) is 19.9 Å². The van der Waals surface area contributed by atoms with Crippen LogP contribution in [0.2, 0.25) is 0 Å². The Morgan fingerprint density at radius 2 is 1.68 bits per heavy atom. The third-order valence-corrected chi connectivity index (χ3v) is 7.79. The van der Waals surface area contributed by atoms with Crippen molar-refractivity contribution in [2.45, 2.75) is 83.8 Å². The second-order valence-corrected chi connectivity index (χ2v) is 10.2. The van der Waals surface area contributed by atoms with Gasteiger partial charge in [-0.2, -0.15) is 5.26 Å². The van der Waals surface area contributed by atoms with Crippen LogP contribution in [0.3, 0.4) is 0 Å². The summed E-state index contributed by atoms with van der Waals surface area (Å²) in [6.45, 7) is 9.45. The molecule has 3 atom stereocenters. The van der Waals surface area contributed by atoms with E-state index in [1.165, 1.54) is 0 Å². The predicted molar refractivity (Wildman–Crippen MR) is 156 cm³/mol. The van der Waals surface area contributed by atoms with Crippen LogP contribution in [-0.2, 0) is 5.41 Å². The van der Waals surface area contributed by atoms with Gasteiger partial charge >= 0.3 is 0 Å². The summed E-state index contributed by atoms with van der Waals surface area (Å²) in [5.74, 6) is 3.60. The molecule has 0 bridgehead atoms. The van der Waals surface area contributed by atoms with Crippen LogP contribution < -0.4 is 34.2 Å². The van der Waals surface area contributed by atoms with Gasteiger partial charge in [0.1, 0.15) is 12.7 Å². The van der Waals surface area contributed by atoms with Crippen molar-refractivity contribution in [3.05, 3.63) is 35.9 Å². The zero-order chi connectivity index (χ0) is 29.1. The summed E-state index contributed by atoms with van der Waals surface area (Å²) in [6.07, 6.45) is 4.39. The topological polar surface area (TPSA) is 105 Å². The van der Waals surface area contributed by atoms with E-state index in [9.17, 15) is 5.26 Å². The highest BCUT2D eigenvalue weighted by Gasteiger charge is 2.43. The number of ether oxygens (including phenoxy) is 6. The van der Waals surface area contributed by atoms with Gasteiger partial charge in [0.15, 0.2) is 23.0 Å². The number of hydrogen-bond donors (Lipinski definition) is 1. The first-order chi connectivity index (χ1) is 19.4. The largest absolute Gasteiger partial charge is 0.490 e. The number of hydrogen-bond acceptors (Lipinski definition) is 8. The number of nitrogens with two attached hydrogens (primary N) is 1. The van der Waals surface area contributed by atoms with Crippen molar-refractivity contribution in [3.8, 4) is 40.6 Å². The second-order valence-electron chi connectivity index (χ2n) is 10.2. The smallest absolute Gasteiger partial charge is 0.207 e. The van der Waals surface area contributed by atoms with Gasteiger partial charge in [-0.05, 0) is 57.2 Å². The van der Waals surface area contributed by atoms with Gasteiger partial charge in [-0.25, -0.2) is 0 Å². The van der Waals surface area contributed by atoms with Gasteiger partial charge in [0.2, 0.25) is 11.5 Å². The maximum atomic E-state index is 10.9. The summed E-state index contributed by atoms with van der Waals surface area (Å²) in [6, 6.07) is 12.3. The van der Waals surface area contributed by atoms with E-state index in [1.807, 2.05) is 44.2 Å². The van der Waals surface area contributed by atoms with Crippen LogP contribution in [0.15, 0.2) is 30.3 Å². The van der Waals surface area contributed by atoms with Crippen molar-refractivity contribution >= 4 is 0 Å². The summed E-state index contributed by atoms with van der Waals surface area (Å²) in [4.78, 5) is 0. The third-order valence-electron chi connectivity index (χ3n) is 7.79. The highest BCUT2D eigenvalue weighted by molar-refractivity contribution is 5.65. The van der Waals surface area contributed by atoms with Crippen molar-refractivity contribution in [1.29, 1.82) is 5.26 Å². The van der Waals surface area contributed by atoms with E-state index in [1.54, 1.807) is 14.2 Å². The summed E-state index contributed by atoms with van der Waals surface area (Å²) in [5.41, 5.74) is 6.55. The lowest BCUT2D eigenvalue weighted by atomic mass is 9.65. The average molecular weight is 555 g/mol. The maximum Gasteiger partial charge on any atom is 0.207 e. The molecule has 0 saturated heterocycles. The van der Waals surface area contributed by atoms with Crippen molar-refractivity contribution in [2.24, 2.45) is 11.7 Å². The van der Waals surface area contributed by atoms with Crippen molar-refractivity contribution in [2.75, 3.05) is 34.0 Å².